The molecule has 48 heavy (non-hydrogen) atoms. The number of alkyl halides is 6. The van der Waals surface area contributed by atoms with Crippen molar-refractivity contribution in [2.45, 2.75) is 42.0 Å². The second-order valence-electron chi connectivity index (χ2n) is 10.9. The van der Waals surface area contributed by atoms with E-state index >= 15 is 0 Å². The highest BCUT2D eigenvalue weighted by atomic mass is 35.5. The lowest BCUT2D eigenvalue weighted by Gasteiger charge is -2.30. The minimum atomic E-state index is -5.51. The van der Waals surface area contributed by atoms with Crippen LogP contribution >= 0.6 is 11.6 Å². The molecule has 0 spiro atoms. The summed E-state index contributed by atoms with van der Waals surface area (Å²) in [5.74, 6) is -5.12. The van der Waals surface area contributed by atoms with E-state index in [1.54, 1.807) is 0 Å². The summed E-state index contributed by atoms with van der Waals surface area (Å²) >= 11 is 6.27. The molecule has 256 valence electrons. The van der Waals surface area contributed by atoms with Crippen molar-refractivity contribution in [2.75, 3.05) is 19.4 Å². The van der Waals surface area contributed by atoms with E-state index in [0.29, 0.717) is 18.4 Å². The third-order valence-electron chi connectivity index (χ3n) is 7.45. The number of ether oxygens (including phenoxy) is 1. The molecule has 4 rings (SSSR count). The molecule has 0 aromatic heterocycles. The van der Waals surface area contributed by atoms with Gasteiger partial charge in [0.2, 0.25) is 0 Å². The number of halogens is 8. The van der Waals surface area contributed by atoms with Crippen molar-refractivity contribution in [1.82, 2.24) is 5.32 Å². The van der Waals surface area contributed by atoms with Crippen molar-refractivity contribution in [2.24, 2.45) is 0 Å². The fourth-order valence-electron chi connectivity index (χ4n) is 5.32. The molecule has 1 unspecified atom stereocenters. The average molecular weight is 716 g/mol. The highest BCUT2D eigenvalue weighted by Crippen LogP contribution is 2.38. The molecule has 1 N–H and O–H groups in total. The van der Waals surface area contributed by atoms with Crippen LogP contribution in [0.4, 0.5) is 30.7 Å². The van der Waals surface area contributed by atoms with Crippen molar-refractivity contribution in [1.29, 1.82) is 0 Å². The van der Waals surface area contributed by atoms with Gasteiger partial charge in [-0.2, -0.15) is 26.3 Å². The fraction of sp³-hybridized carbons (Fsp3) is 0.265. The lowest BCUT2D eigenvalue weighted by molar-refractivity contribution is -0.137. The number of carbonyl (C=O) groups excluding carboxylic acids is 1. The Labute approximate surface area is 277 Å². The van der Waals surface area contributed by atoms with Gasteiger partial charge in [-0.15, -0.1) is 0 Å². The van der Waals surface area contributed by atoms with Crippen LogP contribution in [0.2, 0.25) is 5.02 Å². The summed E-state index contributed by atoms with van der Waals surface area (Å²) in [6.07, 6.45) is -9.37. The molecule has 0 aliphatic rings. The van der Waals surface area contributed by atoms with E-state index in [9.17, 15) is 43.9 Å². The molecule has 0 saturated carbocycles. The standard InChI is InChI=1S/C34H29ClF7NO4S/c1-48(45,46)28-20-24(19-26(36)30(28)32(44)34(40,41)42)47-17-9-16-43-27(18-23-14-8-15-25(31(23)35)33(37,38)39)29(21-10-4-2-5-11-21)22-12-6-3-7-13-22/h2-8,10-15,19-20,27,29,43H,9,16-18H2,1H3. The largest absolute Gasteiger partial charge is 0.493 e. The van der Waals surface area contributed by atoms with Crippen LogP contribution in [0, 0.1) is 5.82 Å². The Hall–Kier alpha value is -3.94. The smallest absolute Gasteiger partial charge is 0.455 e. The number of sulfone groups is 1. The van der Waals surface area contributed by atoms with Crippen LogP contribution in [0.15, 0.2) is 95.9 Å². The predicted molar refractivity (Wildman–Crippen MR) is 167 cm³/mol. The van der Waals surface area contributed by atoms with E-state index in [0.717, 1.165) is 17.2 Å². The van der Waals surface area contributed by atoms with Crippen molar-refractivity contribution in [3.05, 3.63) is 130 Å². The SMILES string of the molecule is CS(=O)(=O)c1cc(OCCCNC(Cc2cccc(C(F)(F)F)c2Cl)C(c2ccccc2)c2ccccc2)cc(F)c1C(=O)C(F)(F)F. The number of carbonyl (C=O) groups is 1. The van der Waals surface area contributed by atoms with E-state index < -0.39 is 66.6 Å². The van der Waals surface area contributed by atoms with Crippen LogP contribution in [0.3, 0.4) is 0 Å². The Kier molecular flexibility index (Phi) is 11.6. The maximum absolute atomic E-state index is 14.7. The lowest BCUT2D eigenvalue weighted by atomic mass is 9.82. The van der Waals surface area contributed by atoms with Crippen molar-refractivity contribution < 1.29 is 48.7 Å². The van der Waals surface area contributed by atoms with Gasteiger partial charge >= 0.3 is 12.4 Å². The molecule has 0 fully saturated rings. The number of Topliss-reactive ketones (excluding diaryl/α,β-unsaturated/α-hetero) is 1. The van der Waals surface area contributed by atoms with Crippen LogP contribution < -0.4 is 10.1 Å². The Morgan fingerprint density at radius 3 is 1.98 bits per heavy atom. The molecule has 0 heterocycles. The first-order valence-electron chi connectivity index (χ1n) is 14.4. The summed E-state index contributed by atoms with van der Waals surface area (Å²) in [5, 5.41) is 2.94. The highest BCUT2D eigenvalue weighted by molar-refractivity contribution is 7.90. The van der Waals surface area contributed by atoms with Gasteiger partial charge in [-0.25, -0.2) is 12.8 Å². The maximum atomic E-state index is 14.7. The minimum absolute atomic E-state index is 0.0791. The summed E-state index contributed by atoms with van der Waals surface area (Å²) in [5.41, 5.74) is -0.582. The van der Waals surface area contributed by atoms with Gasteiger partial charge < -0.3 is 10.1 Å². The number of benzene rings is 4. The number of hydrogen-bond acceptors (Lipinski definition) is 5. The third-order valence-corrected chi connectivity index (χ3v) is 9.02. The highest BCUT2D eigenvalue weighted by Gasteiger charge is 2.43. The van der Waals surface area contributed by atoms with E-state index in [1.165, 1.54) is 12.1 Å². The molecular formula is C34H29ClF7NO4S. The first kappa shape index (κ1) is 36.9. The zero-order valence-corrected chi connectivity index (χ0v) is 26.8. The van der Waals surface area contributed by atoms with Gasteiger partial charge in [0.25, 0.3) is 5.78 Å². The maximum Gasteiger partial charge on any atom is 0.455 e. The quantitative estimate of drug-likeness (QED) is 0.0855. The first-order chi connectivity index (χ1) is 22.5. The summed E-state index contributed by atoms with van der Waals surface area (Å²) < 4.78 is 125. The average Bonchev–Trinajstić information content (AvgIpc) is 3.01. The Morgan fingerprint density at radius 1 is 0.875 bits per heavy atom. The molecule has 5 nitrogen and oxygen atoms in total. The fourth-order valence-corrected chi connectivity index (χ4v) is 6.53. The van der Waals surface area contributed by atoms with E-state index in [2.05, 4.69) is 5.32 Å². The van der Waals surface area contributed by atoms with Crippen molar-refractivity contribution in [3.8, 4) is 5.75 Å². The second-order valence-corrected chi connectivity index (χ2v) is 13.3. The molecule has 4 aromatic carbocycles. The van der Waals surface area contributed by atoms with Gasteiger partial charge in [-0.3, -0.25) is 4.79 Å². The molecule has 0 saturated heterocycles. The molecular weight excluding hydrogens is 687 g/mol. The molecule has 0 radical (unpaired) electrons. The predicted octanol–water partition coefficient (Wildman–Crippen LogP) is 8.45. The van der Waals surface area contributed by atoms with Gasteiger partial charge in [-0.1, -0.05) is 84.4 Å². The van der Waals surface area contributed by atoms with Gasteiger partial charge in [0.15, 0.2) is 9.84 Å². The topological polar surface area (TPSA) is 72.5 Å². The molecule has 0 aliphatic carbocycles. The monoisotopic (exact) mass is 715 g/mol. The van der Waals surface area contributed by atoms with Crippen LogP contribution in [0.5, 0.6) is 5.75 Å². The second kappa shape index (κ2) is 15.1. The molecule has 0 aliphatic heterocycles. The Balaban J connectivity index is 1.59. The normalized spacial score (nSPS) is 13.0. The van der Waals surface area contributed by atoms with E-state index in [1.807, 2.05) is 60.7 Å². The molecule has 14 heteroatoms. The summed E-state index contributed by atoms with van der Waals surface area (Å²) in [4.78, 5) is 10.6. The number of ketones is 1. The van der Waals surface area contributed by atoms with Crippen LogP contribution in [0.25, 0.3) is 0 Å². The Bertz CT molecular complexity index is 1790. The summed E-state index contributed by atoms with van der Waals surface area (Å²) in [6.45, 7) is 0.0318. The van der Waals surface area contributed by atoms with Gasteiger partial charge in [0, 0.05) is 24.3 Å². The third kappa shape index (κ3) is 9.14. The zero-order chi connectivity index (χ0) is 35.3. The Morgan fingerprint density at radius 2 is 1.46 bits per heavy atom. The summed E-state index contributed by atoms with van der Waals surface area (Å²) in [7, 11) is -4.47. The summed E-state index contributed by atoms with van der Waals surface area (Å²) in [6, 6.07) is 22.9. The molecule has 0 bridgehead atoms. The van der Waals surface area contributed by atoms with Gasteiger partial charge in [0.1, 0.15) is 11.6 Å². The van der Waals surface area contributed by atoms with E-state index in [-0.39, 0.29) is 37.5 Å². The van der Waals surface area contributed by atoms with Crippen molar-refractivity contribution in [3.63, 3.8) is 0 Å². The van der Waals surface area contributed by atoms with E-state index in [4.69, 9.17) is 16.3 Å². The van der Waals surface area contributed by atoms with Gasteiger partial charge in [-0.05, 0) is 48.2 Å². The lowest BCUT2D eigenvalue weighted by Crippen LogP contribution is -2.38. The molecule has 0 amide bonds. The van der Waals surface area contributed by atoms with Crippen LogP contribution in [-0.2, 0) is 22.4 Å². The van der Waals surface area contributed by atoms with Crippen molar-refractivity contribution >= 4 is 27.2 Å². The zero-order valence-electron chi connectivity index (χ0n) is 25.2. The first-order valence-corrected chi connectivity index (χ1v) is 16.7. The number of hydrogen-bond donors (Lipinski definition) is 1. The molecule has 4 aromatic rings. The van der Waals surface area contributed by atoms with Crippen LogP contribution in [0.1, 0.15) is 45.0 Å². The number of nitrogens with one attached hydrogen (secondary N) is 1. The molecule has 1 atom stereocenters. The number of rotatable bonds is 13. The van der Waals surface area contributed by atoms with Crippen LogP contribution in [-0.4, -0.2) is 45.8 Å². The minimum Gasteiger partial charge on any atom is -0.493 e. The van der Waals surface area contributed by atoms with Gasteiger partial charge in [0.05, 0.1) is 27.7 Å².